The van der Waals surface area contributed by atoms with Crippen LogP contribution in [-0.2, 0) is 61.9 Å². The number of nitrogens with one attached hydrogen (secondary N) is 6. The number of amides is 7. The highest BCUT2D eigenvalue weighted by Gasteiger charge is 2.69. The molecule has 5 rings (SSSR count). The number of urea groups is 1. The molecule has 0 aromatic heterocycles. The van der Waals surface area contributed by atoms with Crippen molar-refractivity contribution in [2.45, 2.75) is 183 Å². The van der Waals surface area contributed by atoms with Crippen molar-refractivity contribution in [1.82, 2.24) is 45.4 Å². The van der Waals surface area contributed by atoms with E-state index in [1.807, 2.05) is 123 Å². The number of sulfonamides is 2. The molecule has 0 spiro atoms. The first kappa shape index (κ1) is 75.4. The van der Waals surface area contributed by atoms with Gasteiger partial charge in [-0.1, -0.05) is 182 Å². The Kier molecular flexibility index (Phi) is 28.7. The molecule has 1 aliphatic carbocycles. The summed E-state index contributed by atoms with van der Waals surface area (Å²) in [5, 5.41) is 17.2. The lowest BCUT2D eigenvalue weighted by molar-refractivity contribution is -0.143. The van der Waals surface area contributed by atoms with Gasteiger partial charge in [0, 0.05) is 52.4 Å². The highest BCUT2D eigenvalue weighted by Crippen LogP contribution is 2.65. The molecule has 23 nitrogen and oxygen atoms in total. The van der Waals surface area contributed by atoms with E-state index in [1.165, 1.54) is 27.6 Å². The molecule has 492 valence electrons. The SMILES string of the molecule is CN(C[C@@H](NC(=O)N[C@H]1CCCCCCCCC[C@@H](C(=O)C(N)=O)NC(=O)[C@@H]2[C@@H]3[C@H](CN2C1=O)C3(C)C)C(C)(C)C)S(C)(=O)=O.CN(C[C@@H](NC(=O)OCc1ccccc1)C(C)(C)C)S(C)(=O)=O.CNC[C@@H](NC(=O)OCc1ccccc1)C(C)(C)C. The van der Waals surface area contributed by atoms with Gasteiger partial charge in [0.25, 0.3) is 5.91 Å². The Hall–Kier alpha value is -5.89. The number of carbonyl (C=O) groups excluding carboxylic acids is 7. The Morgan fingerprint density at radius 1 is 0.667 bits per heavy atom. The van der Waals surface area contributed by atoms with Crippen LogP contribution in [0.5, 0.6) is 0 Å². The van der Waals surface area contributed by atoms with E-state index in [9.17, 15) is 50.4 Å². The molecule has 8 N–H and O–H groups in total. The van der Waals surface area contributed by atoms with Crippen LogP contribution in [0.3, 0.4) is 0 Å². The molecular formula is C62H104N10O13S2. The molecule has 0 radical (unpaired) electrons. The maximum absolute atomic E-state index is 14.2. The lowest BCUT2D eigenvalue weighted by atomic mass is 9.86. The van der Waals surface area contributed by atoms with Crippen molar-refractivity contribution >= 4 is 61.8 Å². The number of ether oxygens (including phenoxy) is 2. The highest BCUT2D eigenvalue weighted by molar-refractivity contribution is 7.88. The second kappa shape index (κ2) is 33.1. The molecule has 3 fully saturated rings. The van der Waals surface area contributed by atoms with Gasteiger partial charge in [-0.3, -0.25) is 19.2 Å². The van der Waals surface area contributed by atoms with E-state index < -0.39 is 79.4 Å². The summed E-state index contributed by atoms with van der Waals surface area (Å²) >= 11 is 0. The highest BCUT2D eigenvalue weighted by atomic mass is 32.2. The fraction of sp³-hybridized carbons (Fsp3) is 0.694. The summed E-state index contributed by atoms with van der Waals surface area (Å²) in [5.41, 5.74) is 6.17. The zero-order valence-corrected chi connectivity index (χ0v) is 56.2. The summed E-state index contributed by atoms with van der Waals surface area (Å²) in [4.78, 5) is 91.1. The summed E-state index contributed by atoms with van der Waals surface area (Å²) in [5.74, 6) is -2.87. The normalized spacial score (nSPS) is 21.3. The molecular weight excluding hydrogens is 1160 g/mol. The number of Topliss-reactive ketones (excluding diaryl/α,β-unsaturated/α-hetero) is 1. The van der Waals surface area contributed by atoms with E-state index in [0.717, 1.165) is 55.7 Å². The second-order valence-corrected chi connectivity index (χ2v) is 31.4. The van der Waals surface area contributed by atoms with Crippen LogP contribution in [0, 0.1) is 33.5 Å². The summed E-state index contributed by atoms with van der Waals surface area (Å²) in [6, 6.07) is 14.7. The third-order valence-electron chi connectivity index (χ3n) is 16.6. The minimum atomic E-state index is -3.49. The first-order valence-corrected chi connectivity index (χ1v) is 33.8. The van der Waals surface area contributed by atoms with E-state index >= 15 is 0 Å². The molecule has 2 saturated heterocycles. The molecule has 3 aliphatic rings. The number of carbonyl (C=O) groups is 7. The summed E-state index contributed by atoms with van der Waals surface area (Å²) in [7, 11) is -1.98. The van der Waals surface area contributed by atoms with Crippen molar-refractivity contribution in [1.29, 1.82) is 0 Å². The van der Waals surface area contributed by atoms with Crippen molar-refractivity contribution in [3.8, 4) is 0 Å². The molecule has 1 saturated carbocycles. The van der Waals surface area contributed by atoms with Gasteiger partial charge in [0.05, 0.1) is 24.6 Å². The van der Waals surface area contributed by atoms with Crippen molar-refractivity contribution in [2.24, 2.45) is 39.2 Å². The van der Waals surface area contributed by atoms with Crippen LogP contribution in [0.2, 0.25) is 0 Å². The number of piperidine rings is 1. The quantitative estimate of drug-likeness (QED) is 0.0809. The minimum absolute atomic E-state index is 0.0191. The van der Waals surface area contributed by atoms with Gasteiger partial charge in [0.15, 0.2) is 0 Å². The number of benzene rings is 2. The van der Waals surface area contributed by atoms with Crippen LogP contribution < -0.4 is 37.6 Å². The molecule has 0 unspecified atom stereocenters. The average Bonchev–Trinajstić information content (AvgIpc) is 1.53. The van der Waals surface area contributed by atoms with Gasteiger partial charge in [-0.25, -0.2) is 39.8 Å². The lowest BCUT2D eigenvalue weighted by Gasteiger charge is -2.36. The largest absolute Gasteiger partial charge is 0.445 e. The van der Waals surface area contributed by atoms with Gasteiger partial charge >= 0.3 is 18.2 Å². The number of nitrogens with zero attached hydrogens (tertiary/aromatic N) is 3. The number of hydrogen-bond donors (Lipinski definition) is 7. The number of hydrogen-bond acceptors (Lipinski definition) is 14. The van der Waals surface area contributed by atoms with Crippen molar-refractivity contribution in [3.63, 3.8) is 0 Å². The number of fused-ring (bicyclic) bond motifs is 3. The molecule has 2 aliphatic heterocycles. The van der Waals surface area contributed by atoms with E-state index in [4.69, 9.17) is 15.2 Å². The predicted molar refractivity (Wildman–Crippen MR) is 338 cm³/mol. The van der Waals surface area contributed by atoms with Gasteiger partial charge < -0.3 is 52.0 Å². The maximum atomic E-state index is 14.2. The minimum Gasteiger partial charge on any atom is -0.445 e. The summed E-state index contributed by atoms with van der Waals surface area (Å²) < 4.78 is 60.1. The number of nitrogens with two attached hydrogens (primary N) is 1. The monoisotopic (exact) mass is 1260 g/mol. The van der Waals surface area contributed by atoms with Crippen LogP contribution in [0.15, 0.2) is 60.7 Å². The lowest BCUT2D eigenvalue weighted by Crippen LogP contribution is -2.60. The van der Waals surface area contributed by atoms with E-state index in [-0.39, 0.29) is 71.9 Å². The summed E-state index contributed by atoms with van der Waals surface area (Å²) in [6.45, 7) is 23.6. The standard InChI is InChI=1S/C31H54N6O7S.C16H26N2O4S.C15H24N2O2/c1-30(2,3)22(18-36(6)45(7,43)44)35-29(42)34-21-16-14-12-10-8-9-11-13-15-20(25(38)26(32)39)33-27(40)24-23-19(31(23,4)5)17-37(24)28(21)41;1-16(2,3)14(11-18(4)23(5,20)21)17-15(19)22-12-13-9-7-6-8-10-13;1-15(2,3)13(10-16-4)17-14(18)19-11-12-8-6-5-7-9-12/h19-24H,8-18H2,1-7H3,(H2,32,39)(H,33,40)(H2,34,35,42);6-10,14H,11-12H2,1-5H3,(H,17,19);5-9,13,16H,10-11H2,1-4H3,(H,17,18)/t19-,20-,21-,22+,23-,24-;14-;13-/m011/s1. The number of rotatable bonds is 18. The van der Waals surface area contributed by atoms with Gasteiger partial charge in [0.1, 0.15) is 25.3 Å². The number of likely N-dealkylation sites (N-methyl/N-ethyl adjacent to an activating group) is 3. The van der Waals surface area contributed by atoms with Gasteiger partial charge in [-0.15, -0.1) is 0 Å². The Labute approximate surface area is 519 Å². The average molecular weight is 1260 g/mol. The van der Waals surface area contributed by atoms with Crippen LogP contribution >= 0.6 is 0 Å². The Morgan fingerprint density at radius 3 is 1.49 bits per heavy atom. The molecule has 25 heteroatoms. The van der Waals surface area contributed by atoms with E-state index in [0.29, 0.717) is 45.4 Å². The number of alkyl carbamates (subject to hydrolysis) is 2. The van der Waals surface area contributed by atoms with Crippen LogP contribution in [0.4, 0.5) is 14.4 Å². The van der Waals surface area contributed by atoms with Crippen LogP contribution in [0.1, 0.15) is 145 Å². The van der Waals surface area contributed by atoms with Crippen molar-refractivity contribution in [2.75, 3.05) is 59.8 Å². The molecule has 0 bridgehead atoms. The number of primary amides is 1. The van der Waals surface area contributed by atoms with Gasteiger partial charge in [0.2, 0.25) is 37.6 Å². The first-order chi connectivity index (χ1) is 40.2. The number of ketones is 1. The topological polar surface area (TPSA) is 314 Å². The third-order valence-corrected chi connectivity index (χ3v) is 19.2. The Morgan fingerprint density at radius 2 is 1.08 bits per heavy atom. The smallest absolute Gasteiger partial charge is 0.407 e. The zero-order chi connectivity index (χ0) is 65.9. The molecule has 2 aromatic rings. The summed E-state index contributed by atoms with van der Waals surface area (Å²) in [6.07, 6.45) is 7.88. The molecule has 87 heavy (non-hydrogen) atoms. The van der Waals surface area contributed by atoms with Crippen LogP contribution in [0.25, 0.3) is 0 Å². The van der Waals surface area contributed by atoms with Crippen LogP contribution in [-0.4, -0.2) is 168 Å². The first-order valence-electron chi connectivity index (χ1n) is 30.1. The van der Waals surface area contributed by atoms with Gasteiger partial charge in [-0.2, -0.15) is 0 Å². The molecule has 7 amide bonds. The Balaban J connectivity index is 0.000000391. The fourth-order valence-electron chi connectivity index (χ4n) is 10.4. The van der Waals surface area contributed by atoms with E-state index in [2.05, 4.69) is 52.7 Å². The van der Waals surface area contributed by atoms with Crippen molar-refractivity contribution in [3.05, 3.63) is 71.8 Å². The molecule has 8 atom stereocenters. The zero-order valence-electron chi connectivity index (χ0n) is 54.5. The third kappa shape index (κ3) is 25.3. The maximum Gasteiger partial charge on any atom is 0.407 e. The predicted octanol–water partition coefficient (Wildman–Crippen LogP) is 6.27. The fourth-order valence-corrected chi connectivity index (χ4v) is 11.2. The second-order valence-electron chi connectivity index (χ2n) is 27.2. The van der Waals surface area contributed by atoms with Crippen molar-refractivity contribution < 1.29 is 59.9 Å². The van der Waals surface area contributed by atoms with Gasteiger partial charge in [-0.05, 0) is 64.5 Å². The molecule has 2 aromatic carbocycles. The molecule has 2 heterocycles. The van der Waals surface area contributed by atoms with E-state index in [1.54, 1.807) is 0 Å². The Bertz CT molecular complexity index is 2810.